The summed E-state index contributed by atoms with van der Waals surface area (Å²) < 4.78 is 27.0. The SMILES string of the molecule is CCC1(CC)CCN(C(CN)c2ccc(F)cc2F)C1. The number of nitrogens with zero attached hydrogens (tertiary/aromatic N) is 1. The molecule has 2 nitrogen and oxygen atoms in total. The Hall–Kier alpha value is -1.00. The highest BCUT2D eigenvalue weighted by atomic mass is 19.1. The third-order valence-corrected chi connectivity index (χ3v) is 4.95. The highest BCUT2D eigenvalue weighted by Crippen LogP contribution is 2.40. The molecule has 1 saturated heterocycles. The molecule has 112 valence electrons. The lowest BCUT2D eigenvalue weighted by Gasteiger charge is -2.31. The fourth-order valence-electron chi connectivity index (χ4n) is 3.31. The summed E-state index contributed by atoms with van der Waals surface area (Å²) in [6, 6.07) is 3.63. The summed E-state index contributed by atoms with van der Waals surface area (Å²) in [6.45, 7) is 6.65. The molecule has 0 radical (unpaired) electrons. The monoisotopic (exact) mass is 282 g/mol. The molecule has 1 aliphatic heterocycles. The second kappa shape index (κ2) is 6.19. The lowest BCUT2D eigenvalue weighted by molar-refractivity contribution is 0.195. The summed E-state index contributed by atoms with van der Waals surface area (Å²) in [6.07, 6.45) is 3.38. The molecule has 20 heavy (non-hydrogen) atoms. The van der Waals surface area contributed by atoms with Gasteiger partial charge in [-0.2, -0.15) is 0 Å². The van der Waals surface area contributed by atoms with Gasteiger partial charge in [-0.15, -0.1) is 0 Å². The highest BCUT2D eigenvalue weighted by molar-refractivity contribution is 5.23. The van der Waals surface area contributed by atoms with Crippen LogP contribution in [0.15, 0.2) is 18.2 Å². The molecule has 1 atom stereocenters. The smallest absolute Gasteiger partial charge is 0.130 e. The van der Waals surface area contributed by atoms with E-state index in [9.17, 15) is 8.78 Å². The molecular weight excluding hydrogens is 258 g/mol. The van der Waals surface area contributed by atoms with Gasteiger partial charge in [-0.25, -0.2) is 8.78 Å². The van der Waals surface area contributed by atoms with E-state index in [2.05, 4.69) is 18.7 Å². The van der Waals surface area contributed by atoms with Crippen LogP contribution in [0.3, 0.4) is 0 Å². The molecule has 4 heteroatoms. The van der Waals surface area contributed by atoms with E-state index in [0.717, 1.165) is 38.4 Å². The van der Waals surface area contributed by atoms with Crippen molar-refractivity contribution in [2.24, 2.45) is 11.1 Å². The maximum atomic E-state index is 14.0. The lowest BCUT2D eigenvalue weighted by Crippen LogP contribution is -2.34. The lowest BCUT2D eigenvalue weighted by atomic mass is 9.82. The molecule has 1 aromatic carbocycles. The minimum absolute atomic E-state index is 0.157. The first-order valence-corrected chi connectivity index (χ1v) is 7.44. The molecule has 1 fully saturated rings. The first-order chi connectivity index (χ1) is 9.55. The van der Waals surface area contributed by atoms with Crippen molar-refractivity contribution in [2.75, 3.05) is 19.6 Å². The molecule has 1 unspecified atom stereocenters. The molecule has 2 N–H and O–H groups in total. The van der Waals surface area contributed by atoms with Crippen molar-refractivity contribution >= 4 is 0 Å². The zero-order chi connectivity index (χ0) is 14.8. The van der Waals surface area contributed by atoms with Crippen molar-refractivity contribution < 1.29 is 8.78 Å². The number of nitrogens with two attached hydrogens (primary N) is 1. The molecule has 1 aliphatic rings. The molecule has 1 heterocycles. The van der Waals surface area contributed by atoms with Crippen LogP contribution >= 0.6 is 0 Å². The van der Waals surface area contributed by atoms with Crippen LogP contribution in [0.25, 0.3) is 0 Å². The average Bonchev–Trinajstić information content (AvgIpc) is 2.87. The van der Waals surface area contributed by atoms with E-state index in [1.807, 2.05) is 0 Å². The zero-order valence-electron chi connectivity index (χ0n) is 12.3. The molecule has 2 rings (SSSR count). The number of likely N-dealkylation sites (tertiary alicyclic amines) is 1. The predicted octanol–water partition coefficient (Wildman–Crippen LogP) is 3.48. The van der Waals surface area contributed by atoms with Crippen LogP contribution in [-0.4, -0.2) is 24.5 Å². The van der Waals surface area contributed by atoms with Gasteiger partial charge in [0.05, 0.1) is 0 Å². The van der Waals surface area contributed by atoms with Gasteiger partial charge in [-0.05, 0) is 37.3 Å². The van der Waals surface area contributed by atoms with Gasteiger partial charge >= 0.3 is 0 Å². The Bertz CT molecular complexity index is 458. The van der Waals surface area contributed by atoms with E-state index in [1.54, 1.807) is 0 Å². The largest absolute Gasteiger partial charge is 0.329 e. The molecule has 0 aromatic heterocycles. The number of rotatable bonds is 5. The molecular formula is C16H24F2N2. The third-order valence-electron chi connectivity index (χ3n) is 4.95. The van der Waals surface area contributed by atoms with E-state index in [1.165, 1.54) is 12.1 Å². The maximum Gasteiger partial charge on any atom is 0.130 e. The second-order valence-electron chi connectivity index (χ2n) is 5.84. The molecule has 0 bridgehead atoms. The van der Waals surface area contributed by atoms with Crippen LogP contribution in [0.5, 0.6) is 0 Å². The van der Waals surface area contributed by atoms with Gasteiger partial charge in [0.25, 0.3) is 0 Å². The Morgan fingerprint density at radius 3 is 2.50 bits per heavy atom. The minimum atomic E-state index is -0.542. The van der Waals surface area contributed by atoms with E-state index in [4.69, 9.17) is 5.73 Å². The minimum Gasteiger partial charge on any atom is -0.329 e. The Kier molecular flexibility index (Phi) is 4.76. The Labute approximate surface area is 120 Å². The van der Waals surface area contributed by atoms with Crippen molar-refractivity contribution in [1.82, 2.24) is 4.90 Å². The van der Waals surface area contributed by atoms with Gasteiger partial charge < -0.3 is 5.73 Å². The van der Waals surface area contributed by atoms with E-state index in [0.29, 0.717) is 17.5 Å². The first kappa shape index (κ1) is 15.4. The highest BCUT2D eigenvalue weighted by Gasteiger charge is 2.38. The van der Waals surface area contributed by atoms with Gasteiger partial charge in [0.2, 0.25) is 0 Å². The Morgan fingerprint density at radius 1 is 1.30 bits per heavy atom. The van der Waals surface area contributed by atoms with Crippen LogP contribution in [0.2, 0.25) is 0 Å². The fourth-order valence-corrected chi connectivity index (χ4v) is 3.31. The van der Waals surface area contributed by atoms with Crippen LogP contribution in [0.1, 0.15) is 44.7 Å². The normalized spacial score (nSPS) is 20.2. The third kappa shape index (κ3) is 2.86. The zero-order valence-corrected chi connectivity index (χ0v) is 12.3. The summed E-state index contributed by atoms with van der Waals surface area (Å²) in [5.74, 6) is -1.04. The number of hydrogen-bond donors (Lipinski definition) is 1. The average molecular weight is 282 g/mol. The topological polar surface area (TPSA) is 29.3 Å². The van der Waals surface area contributed by atoms with Gasteiger partial charge in [0, 0.05) is 30.8 Å². The summed E-state index contributed by atoms with van der Waals surface area (Å²) >= 11 is 0. The van der Waals surface area contributed by atoms with Crippen molar-refractivity contribution in [3.8, 4) is 0 Å². The molecule has 1 aromatic rings. The van der Waals surface area contributed by atoms with Crippen molar-refractivity contribution in [3.63, 3.8) is 0 Å². The summed E-state index contributed by atoms with van der Waals surface area (Å²) in [7, 11) is 0. The summed E-state index contributed by atoms with van der Waals surface area (Å²) in [4.78, 5) is 2.25. The van der Waals surface area contributed by atoms with Crippen molar-refractivity contribution in [1.29, 1.82) is 0 Å². The first-order valence-electron chi connectivity index (χ1n) is 7.44. The molecule has 0 spiro atoms. The Morgan fingerprint density at radius 2 is 2.00 bits per heavy atom. The summed E-state index contributed by atoms with van der Waals surface area (Å²) in [5.41, 5.74) is 6.70. The summed E-state index contributed by atoms with van der Waals surface area (Å²) in [5, 5.41) is 0. The molecule has 0 aliphatic carbocycles. The van der Waals surface area contributed by atoms with E-state index < -0.39 is 11.6 Å². The molecule has 0 amide bonds. The van der Waals surface area contributed by atoms with Crippen LogP contribution in [-0.2, 0) is 0 Å². The van der Waals surface area contributed by atoms with Gasteiger partial charge in [0.1, 0.15) is 11.6 Å². The fraction of sp³-hybridized carbons (Fsp3) is 0.625. The Balaban J connectivity index is 2.21. The second-order valence-corrected chi connectivity index (χ2v) is 5.84. The maximum absolute atomic E-state index is 14.0. The predicted molar refractivity (Wildman–Crippen MR) is 77.4 cm³/mol. The van der Waals surface area contributed by atoms with Gasteiger partial charge in [0.15, 0.2) is 0 Å². The van der Waals surface area contributed by atoms with Crippen LogP contribution < -0.4 is 5.73 Å². The number of benzene rings is 1. The number of hydrogen-bond acceptors (Lipinski definition) is 2. The van der Waals surface area contributed by atoms with Crippen LogP contribution in [0.4, 0.5) is 8.78 Å². The standard InChI is InChI=1S/C16H24F2N2/c1-3-16(4-2)7-8-20(11-16)15(10-19)13-6-5-12(17)9-14(13)18/h5-6,9,15H,3-4,7-8,10-11,19H2,1-2H3. The number of halogens is 2. The van der Waals surface area contributed by atoms with Crippen molar-refractivity contribution in [3.05, 3.63) is 35.4 Å². The van der Waals surface area contributed by atoms with Gasteiger partial charge in [-0.1, -0.05) is 19.9 Å². The quantitative estimate of drug-likeness (QED) is 0.896. The molecule has 0 saturated carbocycles. The van der Waals surface area contributed by atoms with Crippen molar-refractivity contribution in [2.45, 2.75) is 39.2 Å². The van der Waals surface area contributed by atoms with E-state index >= 15 is 0 Å². The van der Waals surface area contributed by atoms with Gasteiger partial charge in [-0.3, -0.25) is 4.90 Å². The van der Waals surface area contributed by atoms with E-state index in [-0.39, 0.29) is 6.04 Å². The van der Waals surface area contributed by atoms with Crippen LogP contribution in [0, 0.1) is 17.0 Å².